The van der Waals surface area contributed by atoms with Crippen molar-refractivity contribution in [2.24, 2.45) is 0 Å². The van der Waals surface area contributed by atoms with Crippen LogP contribution in [0.25, 0.3) is 0 Å². The molecule has 0 aromatic heterocycles. The van der Waals surface area contributed by atoms with E-state index in [1.165, 1.54) is 66.8 Å². The van der Waals surface area contributed by atoms with E-state index in [4.69, 9.17) is 0 Å². The predicted octanol–water partition coefficient (Wildman–Crippen LogP) is 6.79. The van der Waals surface area contributed by atoms with Crippen molar-refractivity contribution in [2.75, 3.05) is 0 Å². The number of rotatable bonds is 4. The van der Waals surface area contributed by atoms with Gasteiger partial charge >= 0.3 is 301 Å². The zero-order valence-corrected chi connectivity index (χ0v) is 38.6. The SMILES string of the molecule is C[Se].C[Se].Cc1cc(C)[c]([In][c]2c(C)cc(C)cc2C)c(C)c1.Cc1cc(C)[c]([In][c]2c(C)cc(C)cc2C)c(C)c1. The summed E-state index contributed by atoms with van der Waals surface area (Å²) in [5.41, 5.74) is 17.5. The zero-order valence-electron chi connectivity index (χ0n) is 28.6. The van der Waals surface area contributed by atoms with Gasteiger partial charge in [0.1, 0.15) is 0 Å². The van der Waals surface area contributed by atoms with Crippen LogP contribution in [0.15, 0.2) is 48.5 Å². The first kappa shape index (κ1) is 39.7. The quantitative estimate of drug-likeness (QED) is 0.198. The Morgan fingerprint density at radius 3 is 0.524 bits per heavy atom. The Bertz CT molecular complexity index is 1170. The van der Waals surface area contributed by atoms with Crippen LogP contribution in [-0.2, 0) is 0 Å². The molecule has 4 radical (unpaired) electrons. The van der Waals surface area contributed by atoms with Crippen LogP contribution in [0.4, 0.5) is 0 Å². The monoisotopic (exact) mass is 896 g/mol. The molecule has 0 spiro atoms. The Morgan fingerprint density at radius 2 is 0.405 bits per heavy atom. The van der Waals surface area contributed by atoms with Crippen LogP contribution in [0.5, 0.6) is 0 Å². The number of hydrogen-bond acceptors (Lipinski definition) is 0. The maximum absolute atomic E-state index is 2.62. The Hall–Kier alpha value is -0.341. The molecular weight excluding hydrogens is 844 g/mol. The second kappa shape index (κ2) is 19.2. The molecule has 0 N–H and O–H groups in total. The van der Waals surface area contributed by atoms with Crippen molar-refractivity contribution < 1.29 is 0 Å². The van der Waals surface area contributed by atoms with E-state index in [1.54, 1.807) is 13.3 Å². The fraction of sp³-hybridized carbons (Fsp3) is 0.368. The molecule has 0 unspecified atom stereocenters. The van der Waals surface area contributed by atoms with Crippen molar-refractivity contribution in [3.8, 4) is 0 Å². The molecule has 0 aliphatic heterocycles. The van der Waals surface area contributed by atoms with Crippen LogP contribution >= 0.6 is 0 Å². The summed E-state index contributed by atoms with van der Waals surface area (Å²) in [5.74, 6) is 3.75. The molecule has 0 atom stereocenters. The van der Waals surface area contributed by atoms with Crippen LogP contribution in [-0.4, -0.2) is 77.8 Å². The average molecular weight is 894 g/mol. The Balaban J connectivity index is 0.000000376. The molecule has 0 amide bonds. The molecule has 0 aliphatic carbocycles. The summed E-state index contributed by atoms with van der Waals surface area (Å²) in [6.45, 7) is 27.0. The van der Waals surface area contributed by atoms with Crippen LogP contribution in [0.2, 0.25) is 11.6 Å². The van der Waals surface area contributed by atoms with Crippen molar-refractivity contribution in [3.05, 3.63) is 115 Å². The van der Waals surface area contributed by atoms with Crippen LogP contribution in [0, 0.1) is 83.1 Å². The average Bonchev–Trinajstić information content (AvgIpc) is 2.88. The van der Waals surface area contributed by atoms with Gasteiger partial charge in [0, 0.05) is 0 Å². The van der Waals surface area contributed by atoms with E-state index in [1.807, 2.05) is 11.6 Å². The maximum atomic E-state index is 2.62. The fourth-order valence-electron chi connectivity index (χ4n) is 5.96. The van der Waals surface area contributed by atoms with E-state index in [0.29, 0.717) is 0 Å². The first-order valence-electron chi connectivity index (χ1n) is 14.6. The van der Waals surface area contributed by atoms with Crippen molar-refractivity contribution in [1.82, 2.24) is 0 Å². The number of aryl methyl sites for hydroxylation is 12. The summed E-state index contributed by atoms with van der Waals surface area (Å²) in [6.07, 6.45) is 0. The molecule has 0 fully saturated rings. The van der Waals surface area contributed by atoms with Crippen molar-refractivity contribution >= 4 is 91.1 Å². The van der Waals surface area contributed by atoms with Crippen LogP contribution < -0.4 is 13.3 Å². The van der Waals surface area contributed by atoms with Gasteiger partial charge in [-0.25, -0.2) is 0 Å². The summed E-state index contributed by atoms with van der Waals surface area (Å²) >= 11 is 3.43. The molecule has 4 rings (SSSR count). The first-order chi connectivity index (χ1) is 19.8. The van der Waals surface area contributed by atoms with Gasteiger partial charge in [0.25, 0.3) is 0 Å². The molecule has 0 saturated heterocycles. The van der Waals surface area contributed by atoms with Crippen molar-refractivity contribution in [3.63, 3.8) is 0 Å². The second-order valence-corrected chi connectivity index (χ2v) is 19.8. The summed E-state index contributed by atoms with van der Waals surface area (Å²) in [7, 11) is 0. The van der Waals surface area contributed by atoms with E-state index in [-0.39, 0.29) is 0 Å². The van der Waals surface area contributed by atoms with Crippen LogP contribution in [0.3, 0.4) is 0 Å². The van der Waals surface area contributed by atoms with E-state index >= 15 is 0 Å². The van der Waals surface area contributed by atoms with E-state index in [0.717, 1.165) is 0 Å². The third kappa shape index (κ3) is 11.5. The summed E-state index contributed by atoms with van der Waals surface area (Å²) in [4.78, 5) is 0. The molecule has 42 heavy (non-hydrogen) atoms. The second-order valence-electron chi connectivity index (χ2n) is 11.5. The Kier molecular flexibility index (Phi) is 18.2. The van der Waals surface area contributed by atoms with E-state index < -0.39 is 45.8 Å². The van der Waals surface area contributed by atoms with Gasteiger partial charge in [0.05, 0.1) is 0 Å². The Labute approximate surface area is 298 Å². The number of hydrogen-bond donors (Lipinski definition) is 0. The van der Waals surface area contributed by atoms with Crippen LogP contribution in [0.1, 0.15) is 66.8 Å². The molecule has 0 aliphatic rings. The van der Waals surface area contributed by atoms with Crippen molar-refractivity contribution in [1.29, 1.82) is 0 Å². The van der Waals surface area contributed by atoms with Gasteiger partial charge in [-0.05, 0) is 0 Å². The standard InChI is InChI=1S/4C9H11.2CH3Se.2In/c4*1-7-4-8(2)6-9(3)5-7;2*1-2;;/h4*4-5H,1-3H3;2*1H3;;. The van der Waals surface area contributed by atoms with E-state index in [2.05, 4.69) is 164 Å². The molecule has 4 heteroatoms. The van der Waals surface area contributed by atoms with Gasteiger partial charge < -0.3 is 0 Å². The summed E-state index contributed by atoms with van der Waals surface area (Å²) < 4.78 is 6.71. The minimum atomic E-state index is -0.909. The molecule has 4 aromatic rings. The van der Waals surface area contributed by atoms with E-state index in [9.17, 15) is 0 Å². The molecule has 0 heterocycles. The van der Waals surface area contributed by atoms with Gasteiger partial charge in [-0.2, -0.15) is 0 Å². The molecule has 220 valence electrons. The molecule has 0 nitrogen and oxygen atoms in total. The third-order valence-electron chi connectivity index (χ3n) is 7.53. The molecule has 0 bridgehead atoms. The Morgan fingerprint density at radius 1 is 0.286 bits per heavy atom. The zero-order chi connectivity index (χ0) is 32.3. The third-order valence-corrected chi connectivity index (χ3v) is 21.2. The minimum absolute atomic E-state index is 0.909. The molecule has 4 aromatic carbocycles. The number of benzene rings is 4. The normalized spacial score (nSPS) is 9.90. The van der Waals surface area contributed by atoms with Gasteiger partial charge in [-0.1, -0.05) is 0 Å². The summed E-state index contributed by atoms with van der Waals surface area (Å²) in [6, 6.07) is 18.7. The molecular formula is C38H50In2Se2. The molecule has 0 saturated carbocycles. The van der Waals surface area contributed by atoms with Gasteiger partial charge in [-0.3, -0.25) is 0 Å². The first-order valence-corrected chi connectivity index (χ1v) is 24.6. The fourth-order valence-corrected chi connectivity index (χ4v) is 14.7. The summed E-state index contributed by atoms with van der Waals surface area (Å²) in [5, 5.41) is 0. The van der Waals surface area contributed by atoms with Gasteiger partial charge in [-0.15, -0.1) is 0 Å². The van der Waals surface area contributed by atoms with Gasteiger partial charge in [0.15, 0.2) is 0 Å². The predicted molar refractivity (Wildman–Crippen MR) is 196 cm³/mol. The van der Waals surface area contributed by atoms with Crippen molar-refractivity contribution in [2.45, 2.75) is 94.7 Å². The van der Waals surface area contributed by atoms with Gasteiger partial charge in [0.2, 0.25) is 0 Å². The topological polar surface area (TPSA) is 0 Å².